The molecule has 19 heavy (non-hydrogen) atoms. The van der Waals surface area contributed by atoms with Crippen LogP contribution in [0.5, 0.6) is 0 Å². The monoisotopic (exact) mass is 277 g/mol. The Labute approximate surface area is 115 Å². The van der Waals surface area contributed by atoms with E-state index in [0.717, 1.165) is 0 Å². The number of rotatable bonds is 5. The largest absolute Gasteiger partial charge is 0.481 e. The molecule has 0 aromatic carbocycles. The summed E-state index contributed by atoms with van der Waals surface area (Å²) in [5, 5.41) is 11.0. The number of aryl methyl sites for hydroxylation is 1. The van der Waals surface area contributed by atoms with Gasteiger partial charge in [0.05, 0.1) is 13.0 Å². The third-order valence-electron chi connectivity index (χ3n) is 2.82. The zero-order valence-corrected chi connectivity index (χ0v) is 11.6. The predicted octanol–water partition coefficient (Wildman–Crippen LogP) is 2.11. The maximum Gasteiger partial charge on any atom is 0.308 e. The summed E-state index contributed by atoms with van der Waals surface area (Å²) < 4.78 is 0. The Kier molecular flexibility index (Phi) is 4.11. The molecule has 0 spiro atoms. The van der Waals surface area contributed by atoms with E-state index in [4.69, 9.17) is 5.11 Å². The smallest absolute Gasteiger partial charge is 0.308 e. The van der Waals surface area contributed by atoms with Crippen molar-refractivity contribution in [1.29, 1.82) is 0 Å². The summed E-state index contributed by atoms with van der Waals surface area (Å²) in [6, 6.07) is 2.08. The summed E-state index contributed by atoms with van der Waals surface area (Å²) in [5.41, 5.74) is 1.87. The van der Waals surface area contributed by atoms with Crippen molar-refractivity contribution in [2.75, 3.05) is 11.9 Å². The summed E-state index contributed by atoms with van der Waals surface area (Å²) in [6.45, 7) is 2.78. The number of nitrogens with zero attached hydrogens (tertiary/aromatic N) is 3. The first kappa shape index (κ1) is 13.5. The van der Waals surface area contributed by atoms with Crippen LogP contribution < -0.4 is 4.90 Å². The number of thiophene rings is 1. The molecule has 0 bridgehead atoms. The summed E-state index contributed by atoms with van der Waals surface area (Å²) in [7, 11) is 1.91. The molecular weight excluding hydrogens is 262 g/mol. The third kappa shape index (κ3) is 3.29. The second-order valence-electron chi connectivity index (χ2n) is 4.32. The lowest BCUT2D eigenvalue weighted by atomic mass is 10.2. The normalized spacial score (nSPS) is 10.4. The number of carboxylic acid groups (broad SMARTS) is 1. The minimum Gasteiger partial charge on any atom is -0.481 e. The fourth-order valence-electron chi connectivity index (χ4n) is 1.84. The van der Waals surface area contributed by atoms with Crippen LogP contribution in [0.25, 0.3) is 0 Å². The zero-order valence-electron chi connectivity index (χ0n) is 10.8. The number of carboxylic acids is 1. The fraction of sp³-hybridized carbons (Fsp3) is 0.308. The molecule has 0 atom stereocenters. The van der Waals surface area contributed by atoms with Crippen molar-refractivity contribution in [3.63, 3.8) is 0 Å². The maximum absolute atomic E-state index is 10.8. The van der Waals surface area contributed by atoms with Crippen molar-refractivity contribution in [3.05, 3.63) is 40.0 Å². The Hall–Kier alpha value is -1.95. The van der Waals surface area contributed by atoms with Gasteiger partial charge in [-0.1, -0.05) is 0 Å². The second-order valence-corrected chi connectivity index (χ2v) is 5.33. The van der Waals surface area contributed by atoms with Crippen LogP contribution in [0.4, 0.5) is 5.82 Å². The van der Waals surface area contributed by atoms with Crippen LogP contribution in [0, 0.1) is 6.92 Å². The Balaban J connectivity index is 2.21. The van der Waals surface area contributed by atoms with Crippen LogP contribution >= 0.6 is 11.3 Å². The number of hydrogen-bond donors (Lipinski definition) is 1. The number of aromatic nitrogens is 2. The molecule has 100 valence electrons. The lowest BCUT2D eigenvalue weighted by molar-refractivity contribution is -0.136. The predicted molar refractivity (Wildman–Crippen MR) is 74.5 cm³/mol. The average Bonchev–Trinajstić information content (AvgIpc) is 2.75. The molecular formula is C13H15N3O2S. The quantitative estimate of drug-likeness (QED) is 0.906. The average molecular weight is 277 g/mol. The lowest BCUT2D eigenvalue weighted by Gasteiger charge is -2.20. The Morgan fingerprint density at radius 1 is 1.53 bits per heavy atom. The first-order valence-electron chi connectivity index (χ1n) is 5.82. The highest BCUT2D eigenvalue weighted by Crippen LogP contribution is 2.22. The topological polar surface area (TPSA) is 66.3 Å². The van der Waals surface area contributed by atoms with Crippen LogP contribution in [0.3, 0.4) is 0 Å². The molecule has 0 unspecified atom stereocenters. The summed E-state index contributed by atoms with van der Waals surface area (Å²) in [5.74, 6) is -0.207. The molecule has 2 aromatic rings. The van der Waals surface area contributed by atoms with Gasteiger partial charge in [0.1, 0.15) is 12.1 Å². The first-order chi connectivity index (χ1) is 9.08. The van der Waals surface area contributed by atoms with Gasteiger partial charge >= 0.3 is 5.97 Å². The molecule has 5 nitrogen and oxygen atoms in total. The van der Waals surface area contributed by atoms with Crippen molar-refractivity contribution in [1.82, 2.24) is 9.97 Å². The van der Waals surface area contributed by atoms with Gasteiger partial charge in [-0.3, -0.25) is 4.79 Å². The van der Waals surface area contributed by atoms with Crippen LogP contribution in [0.2, 0.25) is 0 Å². The molecule has 2 heterocycles. The number of aliphatic carboxylic acids is 1. The van der Waals surface area contributed by atoms with Gasteiger partial charge < -0.3 is 10.0 Å². The SMILES string of the molecule is Cc1ccsc1CN(C)c1ncncc1CC(=O)O. The van der Waals surface area contributed by atoms with Crippen LogP contribution in [-0.2, 0) is 17.8 Å². The molecule has 0 radical (unpaired) electrons. The molecule has 0 amide bonds. The van der Waals surface area contributed by atoms with Crippen molar-refractivity contribution in [2.45, 2.75) is 19.9 Å². The van der Waals surface area contributed by atoms with Gasteiger partial charge in [0, 0.05) is 23.7 Å². The Morgan fingerprint density at radius 3 is 2.95 bits per heavy atom. The van der Waals surface area contributed by atoms with Crippen LogP contribution in [-0.4, -0.2) is 28.1 Å². The van der Waals surface area contributed by atoms with Gasteiger partial charge in [-0.15, -0.1) is 11.3 Å². The van der Waals surface area contributed by atoms with E-state index in [1.165, 1.54) is 16.8 Å². The van der Waals surface area contributed by atoms with E-state index < -0.39 is 5.97 Å². The van der Waals surface area contributed by atoms with Gasteiger partial charge in [0.15, 0.2) is 0 Å². The van der Waals surface area contributed by atoms with Crippen LogP contribution in [0.1, 0.15) is 16.0 Å². The second kappa shape index (κ2) is 5.79. The van der Waals surface area contributed by atoms with Gasteiger partial charge in [-0.25, -0.2) is 9.97 Å². The minimum absolute atomic E-state index is 0.0655. The highest BCUT2D eigenvalue weighted by atomic mass is 32.1. The van der Waals surface area contributed by atoms with Crippen molar-refractivity contribution in [2.24, 2.45) is 0 Å². The van der Waals surface area contributed by atoms with E-state index in [-0.39, 0.29) is 6.42 Å². The highest BCUT2D eigenvalue weighted by molar-refractivity contribution is 7.10. The molecule has 0 aliphatic carbocycles. The van der Waals surface area contributed by atoms with Crippen molar-refractivity contribution >= 4 is 23.1 Å². The van der Waals surface area contributed by atoms with E-state index in [1.807, 2.05) is 11.9 Å². The minimum atomic E-state index is -0.878. The first-order valence-corrected chi connectivity index (χ1v) is 6.70. The van der Waals surface area contributed by atoms with E-state index in [0.29, 0.717) is 17.9 Å². The van der Waals surface area contributed by atoms with Crippen LogP contribution in [0.15, 0.2) is 24.0 Å². The van der Waals surface area contributed by atoms with Gasteiger partial charge in [0.2, 0.25) is 0 Å². The van der Waals surface area contributed by atoms with Gasteiger partial charge in [-0.05, 0) is 23.9 Å². The number of carbonyl (C=O) groups is 1. The maximum atomic E-state index is 10.8. The fourth-order valence-corrected chi connectivity index (χ4v) is 2.80. The summed E-state index contributed by atoms with van der Waals surface area (Å²) in [4.78, 5) is 22.1. The van der Waals surface area contributed by atoms with E-state index in [9.17, 15) is 4.79 Å². The molecule has 6 heteroatoms. The van der Waals surface area contributed by atoms with Crippen molar-refractivity contribution in [3.8, 4) is 0 Å². The molecule has 2 aromatic heterocycles. The van der Waals surface area contributed by atoms with E-state index in [1.54, 1.807) is 17.5 Å². The van der Waals surface area contributed by atoms with Gasteiger partial charge in [-0.2, -0.15) is 0 Å². The number of anilines is 1. The summed E-state index contributed by atoms with van der Waals surface area (Å²) >= 11 is 1.69. The van der Waals surface area contributed by atoms with E-state index in [2.05, 4.69) is 28.3 Å². The third-order valence-corrected chi connectivity index (χ3v) is 3.82. The van der Waals surface area contributed by atoms with Crippen molar-refractivity contribution < 1.29 is 9.90 Å². The summed E-state index contributed by atoms with van der Waals surface area (Å²) in [6.07, 6.45) is 2.94. The molecule has 0 saturated carbocycles. The van der Waals surface area contributed by atoms with E-state index >= 15 is 0 Å². The molecule has 0 saturated heterocycles. The molecule has 0 aliphatic heterocycles. The molecule has 2 rings (SSSR count). The highest BCUT2D eigenvalue weighted by Gasteiger charge is 2.13. The molecule has 1 N–H and O–H groups in total. The Morgan fingerprint density at radius 2 is 2.32 bits per heavy atom. The number of hydrogen-bond acceptors (Lipinski definition) is 5. The zero-order chi connectivity index (χ0) is 13.8. The van der Waals surface area contributed by atoms with Gasteiger partial charge in [0.25, 0.3) is 0 Å². The standard InChI is InChI=1S/C13H15N3O2S/c1-9-3-4-19-11(9)7-16(2)13-10(5-12(17)18)6-14-8-15-13/h3-4,6,8H,5,7H2,1-2H3,(H,17,18). The lowest BCUT2D eigenvalue weighted by Crippen LogP contribution is -2.20. The molecule has 0 fully saturated rings. The Bertz CT molecular complexity index is 583. The molecule has 0 aliphatic rings.